The Kier molecular flexibility index (Phi) is 10.1. The van der Waals surface area contributed by atoms with Crippen molar-refractivity contribution >= 4 is 27.5 Å². The van der Waals surface area contributed by atoms with Gasteiger partial charge in [0.15, 0.2) is 11.5 Å². The van der Waals surface area contributed by atoms with E-state index in [0.29, 0.717) is 37.7 Å². The summed E-state index contributed by atoms with van der Waals surface area (Å²) in [4.78, 5) is 29.0. The zero-order chi connectivity index (χ0) is 30.3. The number of hydrogen-bond acceptors (Lipinski definition) is 6. The van der Waals surface area contributed by atoms with E-state index in [-0.39, 0.29) is 29.0 Å². The molecule has 1 aliphatic rings. The quantitative estimate of drug-likeness (QED) is 0.331. The van der Waals surface area contributed by atoms with Crippen molar-refractivity contribution in [2.45, 2.75) is 51.6 Å². The summed E-state index contributed by atoms with van der Waals surface area (Å²) in [6, 6.07) is 19.7. The highest BCUT2D eigenvalue weighted by Crippen LogP contribution is 2.36. The Labute approximate surface area is 248 Å². The molecule has 3 aromatic carbocycles. The van der Waals surface area contributed by atoms with Crippen molar-refractivity contribution in [2.24, 2.45) is 5.92 Å². The number of rotatable bonds is 12. The van der Waals surface area contributed by atoms with E-state index in [2.05, 4.69) is 5.32 Å². The number of amides is 2. The Morgan fingerprint density at radius 2 is 1.60 bits per heavy atom. The monoisotopic (exact) mass is 593 g/mol. The van der Waals surface area contributed by atoms with E-state index in [0.717, 1.165) is 15.4 Å². The molecule has 1 heterocycles. The van der Waals surface area contributed by atoms with Crippen LogP contribution in [0.2, 0.25) is 0 Å². The first kappa shape index (κ1) is 30.9. The smallest absolute Gasteiger partial charge is 0.264 e. The molecule has 0 fully saturated rings. The molecule has 0 saturated heterocycles. The number of aryl methyl sites for hydroxylation is 1. The van der Waals surface area contributed by atoms with E-state index < -0.39 is 28.5 Å². The predicted molar refractivity (Wildman–Crippen MR) is 162 cm³/mol. The summed E-state index contributed by atoms with van der Waals surface area (Å²) in [6.45, 7) is 8.62. The zero-order valence-corrected chi connectivity index (χ0v) is 25.4. The molecule has 4 rings (SSSR count). The van der Waals surface area contributed by atoms with Gasteiger partial charge in [-0.25, -0.2) is 8.42 Å². The molecule has 9 nitrogen and oxygen atoms in total. The maximum absolute atomic E-state index is 14.2. The lowest BCUT2D eigenvalue weighted by Gasteiger charge is -2.33. The third-order valence-corrected chi connectivity index (χ3v) is 8.76. The summed E-state index contributed by atoms with van der Waals surface area (Å²) in [5.74, 6) is 0.354. The Bertz CT molecular complexity index is 1480. The standard InChI is InChI=1S/C32H39N3O6S/c1-5-28(32(37)33-20-23(2)3)34(21-25-13-11-24(4)12-14-25)31(36)22-35(42(38,39)27-9-7-6-8-10-27)26-15-16-29-30(19-26)41-18-17-40-29/h6-16,19,23,28H,5,17-18,20-22H2,1-4H3,(H,33,37)/t28-/m1/s1. The Balaban J connectivity index is 1.73. The van der Waals surface area contributed by atoms with Crippen molar-refractivity contribution in [1.82, 2.24) is 10.2 Å². The van der Waals surface area contributed by atoms with Crippen LogP contribution in [0.15, 0.2) is 77.7 Å². The van der Waals surface area contributed by atoms with Gasteiger partial charge in [-0.3, -0.25) is 13.9 Å². The van der Waals surface area contributed by atoms with E-state index in [1.807, 2.05) is 52.0 Å². The normalized spacial score (nSPS) is 13.4. The van der Waals surface area contributed by atoms with Gasteiger partial charge in [0.2, 0.25) is 11.8 Å². The van der Waals surface area contributed by atoms with Crippen LogP contribution in [0.3, 0.4) is 0 Å². The molecule has 1 atom stereocenters. The first-order chi connectivity index (χ1) is 20.1. The summed E-state index contributed by atoms with van der Waals surface area (Å²) < 4.78 is 40.4. The molecule has 10 heteroatoms. The Morgan fingerprint density at radius 1 is 0.929 bits per heavy atom. The average Bonchev–Trinajstić information content (AvgIpc) is 2.99. The highest BCUT2D eigenvalue weighted by molar-refractivity contribution is 7.92. The fourth-order valence-corrected chi connectivity index (χ4v) is 6.09. The van der Waals surface area contributed by atoms with Crippen LogP contribution < -0.4 is 19.1 Å². The number of benzene rings is 3. The summed E-state index contributed by atoms with van der Waals surface area (Å²) in [6.07, 6.45) is 0.358. The van der Waals surface area contributed by atoms with Crippen LogP contribution in [0.25, 0.3) is 0 Å². The highest BCUT2D eigenvalue weighted by atomic mass is 32.2. The number of anilines is 1. The third kappa shape index (κ3) is 7.42. The number of nitrogens with zero attached hydrogens (tertiary/aromatic N) is 2. The maximum atomic E-state index is 14.2. The second-order valence-corrected chi connectivity index (χ2v) is 12.6. The van der Waals surface area contributed by atoms with Gasteiger partial charge in [-0.05, 0) is 49.1 Å². The van der Waals surface area contributed by atoms with E-state index in [9.17, 15) is 18.0 Å². The molecule has 0 aliphatic carbocycles. The highest BCUT2D eigenvalue weighted by Gasteiger charge is 2.34. The minimum Gasteiger partial charge on any atom is -0.486 e. The summed E-state index contributed by atoms with van der Waals surface area (Å²) in [7, 11) is -4.17. The molecule has 2 amide bonds. The molecule has 3 aromatic rings. The van der Waals surface area contributed by atoms with Crippen LogP contribution in [-0.4, -0.2) is 57.5 Å². The van der Waals surface area contributed by atoms with Gasteiger partial charge < -0.3 is 19.7 Å². The van der Waals surface area contributed by atoms with Crippen molar-refractivity contribution in [2.75, 3.05) is 30.6 Å². The van der Waals surface area contributed by atoms with Crippen molar-refractivity contribution in [1.29, 1.82) is 0 Å². The molecule has 0 unspecified atom stereocenters. The molecule has 0 aromatic heterocycles. The van der Waals surface area contributed by atoms with Gasteiger partial charge in [0, 0.05) is 19.2 Å². The fourth-order valence-electron chi connectivity index (χ4n) is 4.67. The minimum atomic E-state index is -4.17. The molecule has 42 heavy (non-hydrogen) atoms. The first-order valence-corrected chi connectivity index (χ1v) is 15.6. The van der Waals surface area contributed by atoms with Gasteiger partial charge in [0.1, 0.15) is 25.8 Å². The molecule has 0 radical (unpaired) electrons. The second-order valence-electron chi connectivity index (χ2n) is 10.7. The van der Waals surface area contributed by atoms with E-state index in [1.54, 1.807) is 36.4 Å². The van der Waals surface area contributed by atoms with Crippen molar-refractivity contribution < 1.29 is 27.5 Å². The van der Waals surface area contributed by atoms with Gasteiger partial charge in [0.05, 0.1) is 10.6 Å². The van der Waals surface area contributed by atoms with Gasteiger partial charge in [-0.1, -0.05) is 68.8 Å². The second kappa shape index (κ2) is 13.7. The van der Waals surface area contributed by atoms with E-state index in [1.165, 1.54) is 17.0 Å². The number of ether oxygens (including phenoxy) is 2. The summed E-state index contributed by atoms with van der Waals surface area (Å²) in [5, 5.41) is 2.94. The number of carbonyl (C=O) groups excluding carboxylic acids is 2. The maximum Gasteiger partial charge on any atom is 0.264 e. The number of fused-ring (bicyclic) bond motifs is 1. The SMILES string of the molecule is CC[C@H](C(=O)NCC(C)C)N(Cc1ccc(C)cc1)C(=O)CN(c1ccc2c(c1)OCCO2)S(=O)(=O)c1ccccc1. The number of nitrogens with one attached hydrogen (secondary N) is 1. The lowest BCUT2D eigenvalue weighted by atomic mass is 10.1. The van der Waals surface area contributed by atoms with Crippen LogP contribution in [-0.2, 0) is 26.2 Å². The predicted octanol–water partition coefficient (Wildman–Crippen LogP) is 4.54. The first-order valence-electron chi connectivity index (χ1n) is 14.2. The number of hydrogen-bond donors (Lipinski definition) is 1. The van der Waals surface area contributed by atoms with Gasteiger partial charge >= 0.3 is 0 Å². The van der Waals surface area contributed by atoms with Gasteiger partial charge in [-0.2, -0.15) is 0 Å². The number of carbonyl (C=O) groups is 2. The molecule has 1 N–H and O–H groups in total. The molecular weight excluding hydrogens is 554 g/mol. The molecule has 0 saturated carbocycles. The molecule has 0 spiro atoms. The number of sulfonamides is 1. The molecule has 1 aliphatic heterocycles. The van der Waals surface area contributed by atoms with Crippen LogP contribution in [0.1, 0.15) is 38.3 Å². The van der Waals surface area contributed by atoms with Crippen LogP contribution in [0, 0.1) is 12.8 Å². The molecule has 224 valence electrons. The fraction of sp³-hybridized carbons (Fsp3) is 0.375. The largest absolute Gasteiger partial charge is 0.486 e. The Morgan fingerprint density at radius 3 is 2.24 bits per heavy atom. The summed E-state index contributed by atoms with van der Waals surface area (Å²) in [5.41, 5.74) is 2.15. The molecular formula is C32H39N3O6S. The third-order valence-electron chi connectivity index (χ3n) is 6.97. The van der Waals surface area contributed by atoms with Crippen molar-refractivity contribution in [3.05, 3.63) is 83.9 Å². The average molecular weight is 594 g/mol. The van der Waals surface area contributed by atoms with E-state index >= 15 is 0 Å². The van der Waals surface area contributed by atoms with E-state index in [4.69, 9.17) is 9.47 Å². The lowest BCUT2D eigenvalue weighted by Crippen LogP contribution is -2.52. The topological polar surface area (TPSA) is 105 Å². The van der Waals surface area contributed by atoms with Crippen molar-refractivity contribution in [3.63, 3.8) is 0 Å². The van der Waals surface area contributed by atoms with Crippen LogP contribution >= 0.6 is 0 Å². The van der Waals surface area contributed by atoms with Gasteiger partial charge in [-0.15, -0.1) is 0 Å². The van der Waals surface area contributed by atoms with Crippen molar-refractivity contribution in [3.8, 4) is 11.5 Å². The van der Waals surface area contributed by atoms with Gasteiger partial charge in [0.25, 0.3) is 10.0 Å². The zero-order valence-electron chi connectivity index (χ0n) is 24.6. The van der Waals surface area contributed by atoms with Crippen LogP contribution in [0.5, 0.6) is 11.5 Å². The van der Waals surface area contributed by atoms with Crippen LogP contribution in [0.4, 0.5) is 5.69 Å². The molecule has 0 bridgehead atoms. The Hall–Kier alpha value is -4.05. The lowest BCUT2D eigenvalue weighted by molar-refractivity contribution is -0.140. The minimum absolute atomic E-state index is 0.0412. The summed E-state index contributed by atoms with van der Waals surface area (Å²) >= 11 is 0.